The Balaban J connectivity index is 2.05. The first-order valence-electron chi connectivity index (χ1n) is 10.4. The summed E-state index contributed by atoms with van der Waals surface area (Å²) in [4.78, 5) is 0. The molecular formula is C22H28N2O4S2. The first-order chi connectivity index (χ1) is 14.1. The van der Waals surface area contributed by atoms with Crippen LogP contribution in [0.1, 0.15) is 47.9 Å². The van der Waals surface area contributed by atoms with Crippen LogP contribution in [-0.2, 0) is 45.7 Å². The molecule has 0 saturated carbocycles. The maximum Gasteiger partial charge on any atom is 0.229 e. The summed E-state index contributed by atoms with van der Waals surface area (Å²) in [7, 11) is -6.98. The van der Waals surface area contributed by atoms with E-state index in [2.05, 4.69) is 9.44 Å². The van der Waals surface area contributed by atoms with Crippen molar-refractivity contribution in [1.29, 1.82) is 0 Å². The Labute approximate surface area is 179 Å². The van der Waals surface area contributed by atoms with Crippen LogP contribution in [0.15, 0.2) is 24.3 Å². The Morgan fingerprint density at radius 1 is 0.600 bits per heavy atom. The van der Waals surface area contributed by atoms with Crippen molar-refractivity contribution in [2.24, 2.45) is 0 Å². The molecule has 162 valence electrons. The molecule has 30 heavy (non-hydrogen) atoms. The van der Waals surface area contributed by atoms with E-state index in [-0.39, 0.29) is 0 Å². The van der Waals surface area contributed by atoms with Gasteiger partial charge in [0.05, 0.1) is 23.9 Å². The highest BCUT2D eigenvalue weighted by Gasteiger charge is 2.26. The Morgan fingerprint density at radius 3 is 1.33 bits per heavy atom. The topological polar surface area (TPSA) is 92.3 Å². The lowest BCUT2D eigenvalue weighted by atomic mass is 9.79. The normalized spacial score (nSPS) is 16.5. The number of nitrogens with one attached hydrogen (secondary N) is 2. The second-order valence-corrected chi connectivity index (χ2v) is 11.9. The summed E-state index contributed by atoms with van der Waals surface area (Å²) >= 11 is 0. The van der Waals surface area contributed by atoms with Crippen LogP contribution in [0.4, 0.5) is 11.4 Å². The maximum atomic E-state index is 12.1. The van der Waals surface area contributed by atoms with Crippen molar-refractivity contribution < 1.29 is 16.8 Å². The molecule has 2 aliphatic carbocycles. The lowest BCUT2D eigenvalue weighted by Crippen LogP contribution is -2.17. The van der Waals surface area contributed by atoms with Gasteiger partial charge in [-0.1, -0.05) is 12.1 Å². The zero-order valence-corrected chi connectivity index (χ0v) is 19.0. The van der Waals surface area contributed by atoms with Crippen molar-refractivity contribution in [2.75, 3.05) is 22.0 Å². The van der Waals surface area contributed by atoms with Gasteiger partial charge >= 0.3 is 0 Å². The van der Waals surface area contributed by atoms with Crippen LogP contribution in [0.3, 0.4) is 0 Å². The van der Waals surface area contributed by atoms with Gasteiger partial charge in [0.15, 0.2) is 0 Å². The summed E-state index contributed by atoms with van der Waals surface area (Å²) in [6, 6.07) is 7.66. The number of sulfonamides is 2. The molecule has 2 aliphatic rings. The first-order valence-corrected chi connectivity index (χ1v) is 14.2. The van der Waals surface area contributed by atoms with Gasteiger partial charge in [0.25, 0.3) is 0 Å². The number of anilines is 2. The third kappa shape index (κ3) is 4.49. The molecule has 0 spiro atoms. The van der Waals surface area contributed by atoms with E-state index < -0.39 is 20.0 Å². The van der Waals surface area contributed by atoms with Gasteiger partial charge in [-0.05, 0) is 85.8 Å². The molecule has 0 radical (unpaired) electrons. The maximum absolute atomic E-state index is 12.1. The smallest absolute Gasteiger partial charge is 0.229 e. The molecule has 0 heterocycles. The molecule has 0 amide bonds. The quantitative estimate of drug-likeness (QED) is 0.727. The number of hydrogen-bond acceptors (Lipinski definition) is 4. The highest BCUT2D eigenvalue weighted by molar-refractivity contribution is 7.92. The van der Waals surface area contributed by atoms with Crippen molar-refractivity contribution in [3.63, 3.8) is 0 Å². The fourth-order valence-electron chi connectivity index (χ4n) is 4.80. The summed E-state index contributed by atoms with van der Waals surface area (Å²) in [5.41, 5.74) is 7.41. The zero-order chi connectivity index (χ0) is 21.5. The van der Waals surface area contributed by atoms with E-state index >= 15 is 0 Å². The monoisotopic (exact) mass is 448 g/mol. The molecule has 0 aromatic heterocycles. The highest BCUT2D eigenvalue weighted by Crippen LogP contribution is 2.45. The number of hydrogen-bond donors (Lipinski definition) is 2. The molecule has 0 aliphatic heterocycles. The number of aryl methyl sites for hydroxylation is 2. The lowest BCUT2D eigenvalue weighted by molar-refractivity contribution is 0.605. The molecule has 8 heteroatoms. The summed E-state index contributed by atoms with van der Waals surface area (Å²) in [5, 5.41) is 0. The standard InChI is InChI=1S/C22H28N2O4S2/c1-29(25,26)23-19-13-11-15-7-3-5-9-17(15)21(19)22-18-10-6-4-8-16(18)12-14-20(22)24-30(2,27)28/h11-14,23-24H,3-10H2,1-2H3. The summed E-state index contributed by atoms with van der Waals surface area (Å²) in [5.74, 6) is 0. The highest BCUT2D eigenvalue weighted by atomic mass is 32.2. The number of fused-ring (bicyclic) bond motifs is 2. The molecule has 0 unspecified atom stereocenters. The molecular weight excluding hydrogens is 420 g/mol. The van der Waals surface area contributed by atoms with Crippen molar-refractivity contribution >= 4 is 31.4 Å². The van der Waals surface area contributed by atoms with Gasteiger partial charge in [0.2, 0.25) is 20.0 Å². The van der Waals surface area contributed by atoms with E-state index in [1.807, 2.05) is 24.3 Å². The lowest BCUT2D eigenvalue weighted by Gasteiger charge is -2.28. The van der Waals surface area contributed by atoms with E-state index in [0.29, 0.717) is 11.4 Å². The minimum atomic E-state index is -3.49. The minimum absolute atomic E-state index is 0.522. The SMILES string of the molecule is CS(=O)(=O)Nc1ccc2c(c1-c1c(NS(C)(=O)=O)ccc3c1CCCC3)CCCC2. The third-order valence-corrected chi connectivity index (χ3v) is 7.09. The largest absolute Gasteiger partial charge is 0.283 e. The second kappa shape index (κ2) is 7.89. The van der Waals surface area contributed by atoms with E-state index in [4.69, 9.17) is 0 Å². The van der Waals surface area contributed by atoms with Crippen LogP contribution in [0.2, 0.25) is 0 Å². The van der Waals surface area contributed by atoms with Crippen LogP contribution >= 0.6 is 0 Å². The van der Waals surface area contributed by atoms with Gasteiger partial charge in [-0.15, -0.1) is 0 Å². The van der Waals surface area contributed by atoms with Crippen molar-refractivity contribution in [1.82, 2.24) is 0 Å². The summed E-state index contributed by atoms with van der Waals surface area (Å²) in [6.07, 6.45) is 10.2. The Bertz CT molecular complexity index is 1110. The molecule has 2 aromatic carbocycles. The Kier molecular flexibility index (Phi) is 5.57. The van der Waals surface area contributed by atoms with Gasteiger partial charge in [-0.3, -0.25) is 9.44 Å². The average Bonchev–Trinajstić information content (AvgIpc) is 2.66. The van der Waals surface area contributed by atoms with Gasteiger partial charge in [0.1, 0.15) is 0 Å². The second-order valence-electron chi connectivity index (χ2n) is 8.41. The van der Waals surface area contributed by atoms with Crippen LogP contribution in [0, 0.1) is 0 Å². The minimum Gasteiger partial charge on any atom is -0.283 e. The summed E-state index contributed by atoms with van der Waals surface area (Å²) < 4.78 is 53.9. The fourth-order valence-corrected chi connectivity index (χ4v) is 5.94. The zero-order valence-electron chi connectivity index (χ0n) is 17.4. The molecule has 0 bridgehead atoms. The average molecular weight is 449 g/mol. The van der Waals surface area contributed by atoms with E-state index in [0.717, 1.165) is 86.1 Å². The number of benzene rings is 2. The van der Waals surface area contributed by atoms with Crippen LogP contribution in [0.25, 0.3) is 11.1 Å². The Hall–Kier alpha value is -2.06. The van der Waals surface area contributed by atoms with Crippen LogP contribution in [0.5, 0.6) is 0 Å². The van der Waals surface area contributed by atoms with E-state index in [1.165, 1.54) is 11.1 Å². The van der Waals surface area contributed by atoms with E-state index in [9.17, 15) is 16.8 Å². The van der Waals surface area contributed by atoms with Gasteiger partial charge < -0.3 is 0 Å². The fraction of sp³-hybridized carbons (Fsp3) is 0.455. The molecule has 2 aromatic rings. The predicted molar refractivity (Wildman–Crippen MR) is 122 cm³/mol. The Morgan fingerprint density at radius 2 is 0.967 bits per heavy atom. The molecule has 2 N–H and O–H groups in total. The first kappa shape index (κ1) is 21.2. The molecule has 4 rings (SSSR count). The van der Waals surface area contributed by atoms with E-state index in [1.54, 1.807) is 0 Å². The van der Waals surface area contributed by atoms with Gasteiger partial charge in [0, 0.05) is 11.1 Å². The number of rotatable bonds is 5. The predicted octanol–water partition coefficient (Wildman–Crippen LogP) is 3.85. The molecule has 0 atom stereocenters. The van der Waals surface area contributed by atoms with Gasteiger partial charge in [-0.2, -0.15) is 0 Å². The third-order valence-electron chi connectivity index (χ3n) is 5.91. The van der Waals surface area contributed by atoms with Crippen molar-refractivity contribution in [3.8, 4) is 11.1 Å². The molecule has 0 saturated heterocycles. The molecule has 0 fully saturated rings. The van der Waals surface area contributed by atoms with Crippen LogP contribution < -0.4 is 9.44 Å². The van der Waals surface area contributed by atoms with Gasteiger partial charge in [-0.25, -0.2) is 16.8 Å². The van der Waals surface area contributed by atoms with Crippen molar-refractivity contribution in [2.45, 2.75) is 51.4 Å². The van der Waals surface area contributed by atoms with Crippen LogP contribution in [-0.4, -0.2) is 29.3 Å². The van der Waals surface area contributed by atoms with Crippen molar-refractivity contribution in [3.05, 3.63) is 46.5 Å². The molecule has 6 nitrogen and oxygen atoms in total. The summed E-state index contributed by atoms with van der Waals surface area (Å²) in [6.45, 7) is 0.